The summed E-state index contributed by atoms with van der Waals surface area (Å²) in [6, 6.07) is 9.78. The number of carbonyl (C=O) groups excluding carboxylic acids is 1. The lowest BCUT2D eigenvalue weighted by Gasteiger charge is -2.12. The number of nitrogens with one attached hydrogen (secondary N) is 3. The van der Waals surface area contributed by atoms with E-state index in [0.29, 0.717) is 18.8 Å². The molecule has 0 aliphatic rings. The van der Waals surface area contributed by atoms with Crippen molar-refractivity contribution in [1.29, 1.82) is 0 Å². The maximum absolute atomic E-state index is 12.0. The molecule has 0 radical (unpaired) electrons. The van der Waals surface area contributed by atoms with Crippen molar-refractivity contribution in [2.45, 2.75) is 26.7 Å². The Morgan fingerprint density at radius 3 is 2.68 bits per heavy atom. The van der Waals surface area contributed by atoms with E-state index in [0.717, 1.165) is 48.8 Å². The maximum atomic E-state index is 12.0. The van der Waals surface area contributed by atoms with Crippen LogP contribution in [0.1, 0.15) is 35.0 Å². The van der Waals surface area contributed by atoms with E-state index in [1.165, 1.54) is 6.26 Å². The summed E-state index contributed by atoms with van der Waals surface area (Å²) in [7, 11) is 1.68. The van der Waals surface area contributed by atoms with Crippen LogP contribution >= 0.6 is 0 Å². The van der Waals surface area contributed by atoms with Crippen LogP contribution < -0.4 is 20.7 Å². The summed E-state index contributed by atoms with van der Waals surface area (Å²) in [5.74, 6) is 1.85. The summed E-state index contributed by atoms with van der Waals surface area (Å²) < 4.78 is 10.6. The summed E-state index contributed by atoms with van der Waals surface area (Å²) >= 11 is 0. The maximum Gasteiger partial charge on any atom is 0.287 e. The minimum Gasteiger partial charge on any atom is -0.496 e. The summed E-state index contributed by atoms with van der Waals surface area (Å²) in [5, 5.41) is 9.42. The zero-order valence-corrected chi connectivity index (χ0v) is 16.9. The van der Waals surface area contributed by atoms with Gasteiger partial charge in [0, 0.05) is 31.7 Å². The van der Waals surface area contributed by atoms with E-state index in [4.69, 9.17) is 9.15 Å². The molecule has 0 saturated heterocycles. The number of aliphatic imine (C=N–C) groups is 1. The molecule has 1 aromatic heterocycles. The van der Waals surface area contributed by atoms with Crippen molar-refractivity contribution in [3.8, 4) is 5.75 Å². The van der Waals surface area contributed by atoms with Crippen LogP contribution in [0, 0.1) is 6.92 Å². The van der Waals surface area contributed by atoms with Gasteiger partial charge in [-0.2, -0.15) is 0 Å². The molecule has 3 N–H and O–H groups in total. The zero-order valence-electron chi connectivity index (χ0n) is 16.9. The number of furan rings is 1. The second-order valence-electron chi connectivity index (χ2n) is 6.29. The van der Waals surface area contributed by atoms with Crippen LogP contribution in [0.2, 0.25) is 0 Å². The van der Waals surface area contributed by atoms with Gasteiger partial charge < -0.3 is 25.1 Å². The lowest BCUT2D eigenvalue weighted by atomic mass is 10.1. The molecular weight excluding hydrogens is 356 g/mol. The largest absolute Gasteiger partial charge is 0.496 e. The molecule has 0 aliphatic heterocycles. The quantitative estimate of drug-likeness (QED) is 0.332. The van der Waals surface area contributed by atoms with E-state index in [9.17, 15) is 4.79 Å². The SMILES string of the molecule is CCNC(=NCCCNC(=O)c1occc1C)NCCc1ccccc1OC. The highest BCUT2D eigenvalue weighted by Gasteiger charge is 2.11. The number of para-hydroxylation sites is 1. The molecule has 7 nitrogen and oxygen atoms in total. The summed E-state index contributed by atoms with van der Waals surface area (Å²) in [5.41, 5.74) is 1.99. The Morgan fingerprint density at radius 1 is 1.14 bits per heavy atom. The highest BCUT2D eigenvalue weighted by molar-refractivity contribution is 5.92. The van der Waals surface area contributed by atoms with Gasteiger partial charge in [-0.05, 0) is 44.4 Å². The Bertz CT molecular complexity index is 771. The fraction of sp³-hybridized carbons (Fsp3) is 0.429. The normalized spacial score (nSPS) is 11.2. The van der Waals surface area contributed by atoms with Crippen LogP contribution in [0.25, 0.3) is 0 Å². The van der Waals surface area contributed by atoms with E-state index in [2.05, 4.69) is 27.0 Å². The van der Waals surface area contributed by atoms with Crippen molar-refractivity contribution in [2.24, 2.45) is 4.99 Å². The number of hydrogen-bond acceptors (Lipinski definition) is 4. The van der Waals surface area contributed by atoms with Crippen molar-refractivity contribution < 1.29 is 13.9 Å². The monoisotopic (exact) mass is 386 g/mol. The summed E-state index contributed by atoms with van der Waals surface area (Å²) in [6.07, 6.45) is 3.11. The van der Waals surface area contributed by atoms with Gasteiger partial charge in [0.05, 0.1) is 13.4 Å². The number of aryl methyl sites for hydroxylation is 1. The van der Waals surface area contributed by atoms with Gasteiger partial charge in [-0.1, -0.05) is 18.2 Å². The molecule has 2 aromatic rings. The first-order valence-corrected chi connectivity index (χ1v) is 9.62. The number of hydrogen-bond donors (Lipinski definition) is 3. The Morgan fingerprint density at radius 2 is 1.96 bits per heavy atom. The molecule has 0 unspecified atom stereocenters. The molecule has 0 aliphatic carbocycles. The minimum atomic E-state index is -0.187. The molecule has 0 atom stereocenters. The molecule has 0 fully saturated rings. The highest BCUT2D eigenvalue weighted by Crippen LogP contribution is 2.17. The van der Waals surface area contributed by atoms with Gasteiger partial charge in [-0.3, -0.25) is 9.79 Å². The van der Waals surface area contributed by atoms with E-state index >= 15 is 0 Å². The summed E-state index contributed by atoms with van der Waals surface area (Å²) in [6.45, 7) is 6.58. The van der Waals surface area contributed by atoms with E-state index in [1.807, 2.05) is 32.0 Å². The molecule has 2 rings (SSSR count). The second kappa shape index (κ2) is 11.7. The average molecular weight is 386 g/mol. The first-order valence-electron chi connectivity index (χ1n) is 9.62. The van der Waals surface area contributed by atoms with Crippen molar-refractivity contribution in [1.82, 2.24) is 16.0 Å². The number of guanidine groups is 1. The van der Waals surface area contributed by atoms with Crippen molar-refractivity contribution in [3.63, 3.8) is 0 Å². The first-order chi connectivity index (χ1) is 13.7. The average Bonchev–Trinajstić information content (AvgIpc) is 3.14. The van der Waals surface area contributed by atoms with Crippen LogP contribution in [0.3, 0.4) is 0 Å². The lowest BCUT2D eigenvalue weighted by Crippen LogP contribution is -2.38. The second-order valence-corrected chi connectivity index (χ2v) is 6.29. The van der Waals surface area contributed by atoms with Gasteiger partial charge in [0.25, 0.3) is 5.91 Å². The fourth-order valence-electron chi connectivity index (χ4n) is 2.72. The van der Waals surface area contributed by atoms with Gasteiger partial charge >= 0.3 is 0 Å². The van der Waals surface area contributed by atoms with Gasteiger partial charge in [0.1, 0.15) is 5.75 Å². The fourth-order valence-corrected chi connectivity index (χ4v) is 2.72. The molecule has 0 spiro atoms. The molecule has 0 saturated carbocycles. The van der Waals surface area contributed by atoms with Crippen molar-refractivity contribution in [2.75, 3.05) is 33.3 Å². The minimum absolute atomic E-state index is 0.187. The molecule has 1 amide bonds. The molecule has 0 bridgehead atoms. The van der Waals surface area contributed by atoms with Gasteiger partial charge in [0.2, 0.25) is 0 Å². The number of rotatable bonds is 10. The van der Waals surface area contributed by atoms with Crippen LogP contribution in [0.15, 0.2) is 46.0 Å². The van der Waals surface area contributed by atoms with Gasteiger partial charge in [-0.15, -0.1) is 0 Å². The third-order valence-corrected chi connectivity index (χ3v) is 4.18. The first kappa shape index (κ1) is 21.3. The molecule has 7 heteroatoms. The Kier molecular flexibility index (Phi) is 8.91. The third kappa shape index (κ3) is 6.64. The van der Waals surface area contributed by atoms with Crippen LogP contribution in [-0.2, 0) is 6.42 Å². The smallest absolute Gasteiger partial charge is 0.287 e. The Hall–Kier alpha value is -2.96. The molecule has 1 heterocycles. The number of ether oxygens (including phenoxy) is 1. The number of amides is 1. The number of benzene rings is 1. The highest BCUT2D eigenvalue weighted by atomic mass is 16.5. The van der Waals surface area contributed by atoms with Gasteiger partial charge in [-0.25, -0.2) is 0 Å². The molecule has 28 heavy (non-hydrogen) atoms. The predicted molar refractivity (Wildman–Crippen MR) is 111 cm³/mol. The van der Waals surface area contributed by atoms with Crippen molar-refractivity contribution in [3.05, 3.63) is 53.5 Å². The molecule has 152 valence electrons. The number of carbonyl (C=O) groups is 1. The van der Waals surface area contributed by atoms with Crippen molar-refractivity contribution >= 4 is 11.9 Å². The van der Waals surface area contributed by atoms with E-state index in [1.54, 1.807) is 13.2 Å². The van der Waals surface area contributed by atoms with Gasteiger partial charge in [0.15, 0.2) is 11.7 Å². The molecular formula is C21H30N4O3. The van der Waals surface area contributed by atoms with Crippen LogP contribution in [-0.4, -0.2) is 45.2 Å². The molecule has 1 aromatic carbocycles. The Balaban J connectivity index is 1.72. The topological polar surface area (TPSA) is 87.9 Å². The third-order valence-electron chi connectivity index (χ3n) is 4.18. The van der Waals surface area contributed by atoms with Crippen LogP contribution in [0.4, 0.5) is 0 Å². The zero-order chi connectivity index (χ0) is 20.2. The standard InChI is InChI=1S/C21H30N4O3/c1-4-22-21(25-14-10-17-8-5-6-9-18(17)27-3)24-13-7-12-23-20(26)19-16(2)11-15-28-19/h5-6,8-9,11,15H,4,7,10,12-14H2,1-3H3,(H,23,26)(H2,22,24,25). The summed E-state index contributed by atoms with van der Waals surface area (Å²) in [4.78, 5) is 16.5. The van der Waals surface area contributed by atoms with Crippen LogP contribution in [0.5, 0.6) is 5.75 Å². The Labute approximate surface area is 166 Å². The number of methoxy groups -OCH3 is 1. The van der Waals surface area contributed by atoms with E-state index < -0.39 is 0 Å². The predicted octanol–water partition coefficient (Wildman–Crippen LogP) is 2.51. The van der Waals surface area contributed by atoms with E-state index in [-0.39, 0.29) is 5.91 Å². The number of nitrogens with zero attached hydrogens (tertiary/aromatic N) is 1. The lowest BCUT2D eigenvalue weighted by molar-refractivity contribution is 0.0925.